The molecule has 0 bridgehead atoms. The Morgan fingerprint density at radius 2 is 2.06 bits per heavy atom. The Labute approximate surface area is 179 Å². The van der Waals surface area contributed by atoms with Gasteiger partial charge in [0.1, 0.15) is 0 Å². The summed E-state index contributed by atoms with van der Waals surface area (Å²) in [5.74, 6) is -0.111. The number of halogens is 3. The molecule has 0 aliphatic heterocycles. The monoisotopic (exact) mass is 453 g/mol. The van der Waals surface area contributed by atoms with Gasteiger partial charge in [-0.15, -0.1) is 0 Å². The van der Waals surface area contributed by atoms with E-state index in [1.54, 1.807) is 19.1 Å². The lowest BCUT2D eigenvalue weighted by atomic mass is 10.1. The molecule has 0 unspecified atom stereocenters. The lowest BCUT2D eigenvalue weighted by molar-refractivity contribution is -0.141. The van der Waals surface area contributed by atoms with Gasteiger partial charge in [0, 0.05) is 36.6 Å². The zero-order valence-electron chi connectivity index (χ0n) is 16.3. The van der Waals surface area contributed by atoms with Crippen molar-refractivity contribution in [1.29, 1.82) is 0 Å². The number of rotatable bonds is 8. The highest BCUT2D eigenvalue weighted by atomic mass is 32.1. The molecule has 1 amide bonds. The van der Waals surface area contributed by atoms with E-state index >= 15 is 0 Å². The number of aliphatic hydroxyl groups excluding tert-OH is 1. The van der Waals surface area contributed by atoms with Crippen LogP contribution < -0.4 is 10.1 Å². The molecular weight excluding hydrogens is 435 g/mol. The van der Waals surface area contributed by atoms with Crippen molar-refractivity contribution in [1.82, 2.24) is 19.3 Å². The molecule has 164 valence electrons. The number of aryl methyl sites for hydroxylation is 1. The molecule has 12 heteroatoms. The standard InChI is InChI=1S/C19H18F3N5O3S/c1-11-17(18(29)26-12-3-4-16(24-9-12)30-6-2-5-28)14(31-27-11)7-13-8-23-10-15(25-13)19(20,21)22/h3-4,8-10,28H,2,5-7H2,1H3,(H,26,29). The maximum Gasteiger partial charge on any atom is 0.434 e. The molecule has 0 aromatic carbocycles. The SMILES string of the molecule is Cc1nsc(Cc2cncc(C(F)(F)F)n2)c1C(=O)Nc1ccc(OCCCO)nc1. The van der Waals surface area contributed by atoms with Crippen molar-refractivity contribution in [3.8, 4) is 5.88 Å². The molecule has 0 atom stereocenters. The van der Waals surface area contributed by atoms with Gasteiger partial charge in [-0.05, 0) is 24.5 Å². The summed E-state index contributed by atoms with van der Waals surface area (Å²) in [6.45, 7) is 1.97. The highest BCUT2D eigenvalue weighted by Crippen LogP contribution is 2.28. The van der Waals surface area contributed by atoms with Crippen LogP contribution in [0.5, 0.6) is 5.88 Å². The Kier molecular flexibility index (Phi) is 7.13. The third-order valence-corrected chi connectivity index (χ3v) is 4.96. The molecule has 0 spiro atoms. The molecule has 31 heavy (non-hydrogen) atoms. The molecule has 2 N–H and O–H groups in total. The largest absolute Gasteiger partial charge is 0.478 e. The average molecular weight is 453 g/mol. The lowest BCUT2D eigenvalue weighted by Gasteiger charge is -2.09. The number of aromatic nitrogens is 4. The zero-order valence-corrected chi connectivity index (χ0v) is 17.1. The second kappa shape index (κ2) is 9.79. The highest BCUT2D eigenvalue weighted by Gasteiger charge is 2.33. The van der Waals surface area contributed by atoms with Gasteiger partial charge in [0.25, 0.3) is 5.91 Å². The highest BCUT2D eigenvalue weighted by molar-refractivity contribution is 7.06. The first-order valence-corrected chi connectivity index (χ1v) is 9.89. The summed E-state index contributed by atoms with van der Waals surface area (Å²) in [5.41, 5.74) is 0.125. The smallest absolute Gasteiger partial charge is 0.434 e. The third-order valence-electron chi connectivity index (χ3n) is 4.02. The predicted octanol–water partition coefficient (Wildman–Crippen LogP) is 3.26. The van der Waals surface area contributed by atoms with E-state index in [1.165, 1.54) is 12.4 Å². The van der Waals surface area contributed by atoms with Gasteiger partial charge in [-0.3, -0.25) is 9.78 Å². The molecule has 3 aromatic heterocycles. The second-order valence-electron chi connectivity index (χ2n) is 6.40. The van der Waals surface area contributed by atoms with Crippen molar-refractivity contribution >= 4 is 23.1 Å². The van der Waals surface area contributed by atoms with E-state index in [2.05, 4.69) is 24.6 Å². The number of hydrogen-bond donors (Lipinski definition) is 2. The van der Waals surface area contributed by atoms with Crippen molar-refractivity contribution < 1.29 is 27.8 Å². The van der Waals surface area contributed by atoms with Crippen molar-refractivity contribution in [3.05, 3.63) is 58.2 Å². The van der Waals surface area contributed by atoms with Gasteiger partial charge in [-0.2, -0.15) is 17.5 Å². The second-order valence-corrected chi connectivity index (χ2v) is 7.26. The number of alkyl halides is 3. The van der Waals surface area contributed by atoms with E-state index in [1.807, 2.05) is 0 Å². The van der Waals surface area contributed by atoms with Crippen LogP contribution in [0.1, 0.15) is 38.7 Å². The van der Waals surface area contributed by atoms with Crippen LogP contribution in [0, 0.1) is 6.92 Å². The van der Waals surface area contributed by atoms with E-state index in [0.29, 0.717) is 41.4 Å². The van der Waals surface area contributed by atoms with Crippen molar-refractivity contribution in [2.45, 2.75) is 25.9 Å². The van der Waals surface area contributed by atoms with Crippen LogP contribution >= 0.6 is 11.5 Å². The van der Waals surface area contributed by atoms with E-state index in [4.69, 9.17) is 9.84 Å². The van der Waals surface area contributed by atoms with Crippen LogP contribution in [0.2, 0.25) is 0 Å². The van der Waals surface area contributed by atoms with Crippen LogP contribution in [-0.2, 0) is 12.6 Å². The van der Waals surface area contributed by atoms with Crippen molar-refractivity contribution in [2.24, 2.45) is 0 Å². The van der Waals surface area contributed by atoms with Gasteiger partial charge < -0.3 is 15.2 Å². The summed E-state index contributed by atoms with van der Waals surface area (Å²) in [6.07, 6.45) is -0.845. The van der Waals surface area contributed by atoms with E-state index in [9.17, 15) is 18.0 Å². The van der Waals surface area contributed by atoms with Crippen molar-refractivity contribution in [3.63, 3.8) is 0 Å². The summed E-state index contributed by atoms with van der Waals surface area (Å²) in [7, 11) is 0. The minimum absolute atomic E-state index is 0.0105. The molecule has 0 saturated heterocycles. The normalized spacial score (nSPS) is 11.4. The summed E-state index contributed by atoms with van der Waals surface area (Å²) in [4.78, 5) is 24.5. The predicted molar refractivity (Wildman–Crippen MR) is 106 cm³/mol. The number of carbonyl (C=O) groups excluding carboxylic acids is 1. The Hall–Kier alpha value is -3.12. The molecule has 0 fully saturated rings. The number of aliphatic hydroxyl groups is 1. The first-order chi connectivity index (χ1) is 14.8. The maximum absolute atomic E-state index is 12.9. The molecule has 0 radical (unpaired) electrons. The Morgan fingerprint density at radius 1 is 1.26 bits per heavy atom. The summed E-state index contributed by atoms with van der Waals surface area (Å²) in [5, 5.41) is 11.5. The number of carbonyl (C=O) groups is 1. The van der Waals surface area contributed by atoms with Crippen LogP contribution in [0.4, 0.5) is 18.9 Å². The first-order valence-electron chi connectivity index (χ1n) is 9.12. The van der Waals surface area contributed by atoms with Gasteiger partial charge in [0.15, 0.2) is 5.69 Å². The van der Waals surface area contributed by atoms with E-state index in [0.717, 1.165) is 11.5 Å². The van der Waals surface area contributed by atoms with Crippen LogP contribution in [-0.4, -0.2) is 43.6 Å². The zero-order chi connectivity index (χ0) is 22.4. The minimum Gasteiger partial charge on any atom is -0.478 e. The number of anilines is 1. The fourth-order valence-corrected chi connectivity index (χ4v) is 3.48. The fraction of sp³-hybridized carbons (Fsp3) is 0.316. The van der Waals surface area contributed by atoms with Gasteiger partial charge in [0.2, 0.25) is 5.88 Å². The average Bonchev–Trinajstić information content (AvgIpc) is 3.09. The quantitative estimate of drug-likeness (QED) is 0.504. The molecule has 3 aromatic rings. The first kappa shape index (κ1) is 22.6. The number of nitrogens with zero attached hydrogens (tertiary/aromatic N) is 4. The van der Waals surface area contributed by atoms with Gasteiger partial charge in [0.05, 0.1) is 41.6 Å². The fourth-order valence-electron chi connectivity index (χ4n) is 2.60. The van der Waals surface area contributed by atoms with E-state index in [-0.39, 0.29) is 24.3 Å². The van der Waals surface area contributed by atoms with E-state index < -0.39 is 17.8 Å². The molecule has 3 heterocycles. The molecule has 8 nitrogen and oxygen atoms in total. The van der Waals surface area contributed by atoms with Crippen LogP contribution in [0.3, 0.4) is 0 Å². The van der Waals surface area contributed by atoms with Crippen LogP contribution in [0.25, 0.3) is 0 Å². The molecule has 0 aliphatic rings. The number of amides is 1. The number of hydrogen-bond acceptors (Lipinski definition) is 8. The summed E-state index contributed by atoms with van der Waals surface area (Å²) < 4.78 is 48.1. The van der Waals surface area contributed by atoms with Gasteiger partial charge >= 0.3 is 6.18 Å². The summed E-state index contributed by atoms with van der Waals surface area (Å²) >= 11 is 1.02. The third kappa shape index (κ3) is 5.95. The molecule has 3 rings (SSSR count). The number of ether oxygens (including phenoxy) is 1. The maximum atomic E-state index is 12.9. The van der Waals surface area contributed by atoms with Crippen molar-refractivity contribution in [2.75, 3.05) is 18.5 Å². The topological polar surface area (TPSA) is 110 Å². The van der Waals surface area contributed by atoms with Gasteiger partial charge in [-0.1, -0.05) is 0 Å². The molecule has 0 saturated carbocycles. The molecular formula is C19H18F3N5O3S. The Balaban J connectivity index is 1.72. The number of pyridine rings is 1. The minimum atomic E-state index is -4.60. The Morgan fingerprint density at radius 3 is 2.74 bits per heavy atom. The lowest BCUT2D eigenvalue weighted by Crippen LogP contribution is -2.15. The summed E-state index contributed by atoms with van der Waals surface area (Å²) in [6, 6.07) is 3.18. The number of nitrogens with one attached hydrogen (secondary N) is 1. The van der Waals surface area contributed by atoms with Crippen LogP contribution in [0.15, 0.2) is 30.7 Å². The molecule has 0 aliphatic carbocycles. The van der Waals surface area contributed by atoms with Gasteiger partial charge in [-0.25, -0.2) is 9.97 Å². The Bertz CT molecular complexity index is 1040.